The average molecular weight is 196 g/mol. The van der Waals surface area contributed by atoms with Gasteiger partial charge in [0.2, 0.25) is 0 Å². The molecule has 0 bridgehead atoms. The molecular formula is C10H16O2Si. The van der Waals surface area contributed by atoms with Gasteiger partial charge >= 0.3 is 8.56 Å². The highest BCUT2D eigenvalue weighted by atomic mass is 28.4. The molecule has 0 radical (unpaired) electrons. The number of hydrogen-bond acceptors (Lipinski definition) is 2. The zero-order valence-corrected chi connectivity index (χ0v) is 9.30. The molecule has 72 valence electrons. The second-order valence-corrected chi connectivity index (χ2v) is 5.64. The highest BCUT2D eigenvalue weighted by Gasteiger charge is 2.35. The summed E-state index contributed by atoms with van der Waals surface area (Å²) in [6.07, 6.45) is 10.5. The maximum absolute atomic E-state index is 5.58. The second kappa shape index (κ2) is 6.74. The molecule has 0 atom stereocenters. The first-order valence-corrected chi connectivity index (χ1v) is 6.62. The molecular weight excluding hydrogens is 180 g/mol. The van der Waals surface area contributed by atoms with Crippen molar-refractivity contribution in [1.29, 1.82) is 0 Å². The second-order valence-electron chi connectivity index (χ2n) is 2.54. The van der Waals surface area contributed by atoms with Crippen LogP contribution in [0.4, 0.5) is 0 Å². The Kier molecular flexibility index (Phi) is 6.35. The Hall–Kier alpha value is -0.743. The summed E-state index contributed by atoms with van der Waals surface area (Å²) in [5.41, 5.74) is 0. The molecule has 0 N–H and O–H groups in total. The highest BCUT2D eigenvalue weighted by Crippen LogP contribution is 2.17. The standard InChI is InChI=1S/C10H16O2Si/c1-5-9-13(10-6-2,11-7-3)12-8-4/h1-2H,7-10H2,3-4H3. The third-order valence-electron chi connectivity index (χ3n) is 1.56. The molecule has 0 saturated carbocycles. The summed E-state index contributed by atoms with van der Waals surface area (Å²) in [4.78, 5) is 0. The molecule has 0 aromatic heterocycles. The van der Waals surface area contributed by atoms with E-state index in [1.165, 1.54) is 0 Å². The van der Waals surface area contributed by atoms with E-state index in [-0.39, 0.29) is 0 Å². The van der Waals surface area contributed by atoms with Gasteiger partial charge in [-0.15, -0.1) is 24.7 Å². The quantitative estimate of drug-likeness (QED) is 0.476. The monoisotopic (exact) mass is 196 g/mol. The number of rotatable bonds is 6. The summed E-state index contributed by atoms with van der Waals surface area (Å²) in [6.45, 7) is 5.06. The van der Waals surface area contributed by atoms with E-state index in [0.29, 0.717) is 25.3 Å². The highest BCUT2D eigenvalue weighted by molar-refractivity contribution is 6.68. The van der Waals surface area contributed by atoms with Crippen LogP contribution in [0.15, 0.2) is 0 Å². The van der Waals surface area contributed by atoms with Crippen LogP contribution >= 0.6 is 0 Å². The lowest BCUT2D eigenvalue weighted by atomic mass is 10.8. The number of terminal acetylenes is 2. The Bertz CT molecular complexity index is 188. The molecule has 0 aromatic carbocycles. The molecule has 3 heteroatoms. The lowest BCUT2D eigenvalue weighted by molar-refractivity contribution is 0.189. The summed E-state index contributed by atoms with van der Waals surface area (Å²) < 4.78 is 11.2. The molecule has 0 unspecified atom stereocenters. The van der Waals surface area contributed by atoms with Crippen LogP contribution < -0.4 is 0 Å². The van der Waals surface area contributed by atoms with Gasteiger partial charge in [0.1, 0.15) is 0 Å². The topological polar surface area (TPSA) is 18.5 Å². The Morgan fingerprint density at radius 1 is 1.00 bits per heavy atom. The van der Waals surface area contributed by atoms with Crippen LogP contribution in [0.25, 0.3) is 0 Å². The van der Waals surface area contributed by atoms with Gasteiger partial charge in [-0.3, -0.25) is 0 Å². The van der Waals surface area contributed by atoms with Crippen molar-refractivity contribution in [1.82, 2.24) is 0 Å². The molecule has 0 aliphatic heterocycles. The predicted molar refractivity (Wildman–Crippen MR) is 56.3 cm³/mol. The summed E-state index contributed by atoms with van der Waals surface area (Å²) in [7, 11) is -2.27. The van der Waals surface area contributed by atoms with Gasteiger partial charge in [-0.05, 0) is 13.8 Å². The summed E-state index contributed by atoms with van der Waals surface area (Å²) in [5.74, 6) is 5.16. The van der Waals surface area contributed by atoms with Gasteiger partial charge < -0.3 is 8.85 Å². The molecule has 13 heavy (non-hydrogen) atoms. The fourth-order valence-corrected chi connectivity index (χ4v) is 3.44. The Morgan fingerprint density at radius 2 is 1.38 bits per heavy atom. The zero-order chi connectivity index (χ0) is 10.2. The summed E-state index contributed by atoms with van der Waals surface area (Å²) in [5, 5.41) is 0. The van der Waals surface area contributed by atoms with Crippen LogP contribution in [0.2, 0.25) is 12.1 Å². The minimum Gasteiger partial charge on any atom is -0.393 e. The summed E-state index contributed by atoms with van der Waals surface area (Å²) >= 11 is 0. The van der Waals surface area contributed by atoms with Crippen LogP contribution in [0.1, 0.15) is 13.8 Å². The van der Waals surface area contributed by atoms with E-state index in [4.69, 9.17) is 21.7 Å². The van der Waals surface area contributed by atoms with Gasteiger partial charge in [-0.1, -0.05) is 0 Å². The van der Waals surface area contributed by atoms with Crippen molar-refractivity contribution in [2.24, 2.45) is 0 Å². The minimum absolute atomic E-state index is 0.527. The minimum atomic E-state index is -2.27. The third-order valence-corrected chi connectivity index (χ3v) is 4.67. The Morgan fingerprint density at radius 3 is 1.62 bits per heavy atom. The number of hydrogen-bond donors (Lipinski definition) is 0. The Balaban J connectivity index is 4.41. The molecule has 0 aliphatic carbocycles. The molecule has 0 aromatic rings. The predicted octanol–water partition coefficient (Wildman–Crippen LogP) is 1.77. The molecule has 0 saturated heterocycles. The van der Waals surface area contributed by atoms with E-state index in [9.17, 15) is 0 Å². The maximum atomic E-state index is 5.58. The SMILES string of the molecule is C#CC[Si](CC#C)(OCC)OCC. The maximum Gasteiger partial charge on any atom is 0.362 e. The first-order chi connectivity index (χ1) is 6.24. The van der Waals surface area contributed by atoms with Crippen molar-refractivity contribution in [3.63, 3.8) is 0 Å². The van der Waals surface area contributed by atoms with E-state index < -0.39 is 8.56 Å². The molecule has 0 fully saturated rings. The van der Waals surface area contributed by atoms with E-state index >= 15 is 0 Å². The molecule has 0 heterocycles. The van der Waals surface area contributed by atoms with Crippen LogP contribution in [0.5, 0.6) is 0 Å². The van der Waals surface area contributed by atoms with Crippen LogP contribution in [0, 0.1) is 24.7 Å². The molecule has 0 amide bonds. The molecule has 0 aliphatic rings. The third kappa shape index (κ3) is 4.14. The summed E-state index contributed by atoms with van der Waals surface area (Å²) in [6, 6.07) is 1.05. The van der Waals surface area contributed by atoms with Crippen LogP contribution in [-0.2, 0) is 8.85 Å². The van der Waals surface area contributed by atoms with Crippen LogP contribution in [0.3, 0.4) is 0 Å². The van der Waals surface area contributed by atoms with Crippen LogP contribution in [-0.4, -0.2) is 21.8 Å². The largest absolute Gasteiger partial charge is 0.393 e. The average Bonchev–Trinajstić information content (AvgIpc) is 2.06. The smallest absolute Gasteiger partial charge is 0.362 e. The van der Waals surface area contributed by atoms with E-state index in [0.717, 1.165) is 0 Å². The first kappa shape index (κ1) is 12.3. The van der Waals surface area contributed by atoms with Gasteiger partial charge in [0.05, 0.1) is 12.1 Å². The van der Waals surface area contributed by atoms with Gasteiger partial charge in [0.15, 0.2) is 0 Å². The van der Waals surface area contributed by atoms with Crippen molar-refractivity contribution in [3.8, 4) is 24.7 Å². The van der Waals surface area contributed by atoms with Crippen molar-refractivity contribution in [2.75, 3.05) is 13.2 Å². The zero-order valence-electron chi connectivity index (χ0n) is 8.30. The van der Waals surface area contributed by atoms with Crippen molar-refractivity contribution >= 4 is 8.56 Å². The van der Waals surface area contributed by atoms with E-state index in [2.05, 4.69) is 11.8 Å². The fourth-order valence-electron chi connectivity index (χ4n) is 1.15. The Labute approximate surface area is 81.9 Å². The van der Waals surface area contributed by atoms with Gasteiger partial charge in [-0.2, -0.15) is 0 Å². The molecule has 2 nitrogen and oxygen atoms in total. The van der Waals surface area contributed by atoms with Crippen molar-refractivity contribution in [3.05, 3.63) is 0 Å². The normalized spacial score (nSPS) is 10.5. The molecule has 0 rings (SSSR count). The molecule has 0 spiro atoms. The van der Waals surface area contributed by atoms with E-state index in [1.54, 1.807) is 0 Å². The lowest BCUT2D eigenvalue weighted by Gasteiger charge is -2.26. The van der Waals surface area contributed by atoms with Gasteiger partial charge in [0, 0.05) is 13.2 Å². The van der Waals surface area contributed by atoms with Gasteiger partial charge in [-0.25, -0.2) is 0 Å². The first-order valence-electron chi connectivity index (χ1n) is 4.39. The van der Waals surface area contributed by atoms with Crippen molar-refractivity contribution in [2.45, 2.75) is 25.9 Å². The fraction of sp³-hybridized carbons (Fsp3) is 0.600. The lowest BCUT2D eigenvalue weighted by Crippen LogP contribution is -2.41. The van der Waals surface area contributed by atoms with E-state index in [1.807, 2.05) is 13.8 Å². The van der Waals surface area contributed by atoms with Crippen molar-refractivity contribution < 1.29 is 8.85 Å². The van der Waals surface area contributed by atoms with Gasteiger partial charge in [0.25, 0.3) is 0 Å².